The van der Waals surface area contributed by atoms with Crippen LogP contribution < -0.4 is 10.5 Å². The normalized spacial score (nSPS) is 17.9. The summed E-state index contributed by atoms with van der Waals surface area (Å²) in [6.07, 6.45) is 5.15. The van der Waals surface area contributed by atoms with Crippen molar-refractivity contribution < 1.29 is 12.9 Å². The van der Waals surface area contributed by atoms with Gasteiger partial charge in [-0.05, 0) is 32.8 Å². The van der Waals surface area contributed by atoms with Gasteiger partial charge in [0, 0.05) is 12.2 Å². The van der Waals surface area contributed by atoms with Crippen LogP contribution in [0.15, 0.2) is 21.7 Å². The molecule has 2 heterocycles. The Kier molecular flexibility index (Phi) is 4.03. The van der Waals surface area contributed by atoms with Crippen molar-refractivity contribution in [3.8, 4) is 11.6 Å². The Morgan fingerprint density at radius 1 is 1.39 bits per heavy atom. The van der Waals surface area contributed by atoms with Gasteiger partial charge in [-0.1, -0.05) is 18.0 Å². The Labute approximate surface area is 134 Å². The van der Waals surface area contributed by atoms with Gasteiger partial charge in [0.05, 0.1) is 5.54 Å². The van der Waals surface area contributed by atoms with Crippen molar-refractivity contribution in [3.05, 3.63) is 18.1 Å². The van der Waals surface area contributed by atoms with Crippen LogP contribution in [0.3, 0.4) is 0 Å². The summed E-state index contributed by atoms with van der Waals surface area (Å²) >= 11 is 0. The molecule has 126 valence electrons. The molecule has 0 bridgehead atoms. The highest BCUT2D eigenvalue weighted by Gasteiger charge is 2.36. The number of nitrogens with two attached hydrogens (primary N) is 1. The topological polar surface area (TPSA) is 127 Å². The van der Waals surface area contributed by atoms with Crippen molar-refractivity contribution >= 4 is 10.0 Å². The fourth-order valence-corrected chi connectivity index (χ4v) is 4.04. The molecule has 0 saturated heterocycles. The van der Waals surface area contributed by atoms with E-state index in [1.165, 1.54) is 12.3 Å². The third-order valence-electron chi connectivity index (χ3n) is 3.96. The first-order valence-corrected chi connectivity index (χ1v) is 9.13. The lowest BCUT2D eigenvalue weighted by atomic mass is 9.99. The first-order valence-electron chi connectivity index (χ1n) is 7.64. The van der Waals surface area contributed by atoms with Gasteiger partial charge in [-0.15, -0.1) is 0 Å². The number of sulfonamides is 1. The average molecular weight is 339 g/mol. The molecule has 1 saturated carbocycles. The molecule has 1 aliphatic rings. The predicted octanol–water partition coefficient (Wildman–Crippen LogP) is 1.48. The fourth-order valence-electron chi connectivity index (χ4n) is 2.80. The van der Waals surface area contributed by atoms with Gasteiger partial charge in [0.1, 0.15) is 10.6 Å². The molecule has 4 N–H and O–H groups in total. The van der Waals surface area contributed by atoms with E-state index in [1.54, 1.807) is 13.8 Å². The number of hydrogen-bond acceptors (Lipinski definition) is 6. The van der Waals surface area contributed by atoms with E-state index in [0.29, 0.717) is 11.5 Å². The predicted molar refractivity (Wildman–Crippen MR) is 83.9 cm³/mol. The number of nitrogens with one attached hydrogen (secondary N) is 2. The van der Waals surface area contributed by atoms with Crippen LogP contribution in [0.2, 0.25) is 0 Å². The van der Waals surface area contributed by atoms with Crippen molar-refractivity contribution in [2.24, 2.45) is 5.73 Å². The maximum absolute atomic E-state index is 12.1. The first-order chi connectivity index (χ1) is 10.8. The zero-order valence-corrected chi connectivity index (χ0v) is 14.0. The van der Waals surface area contributed by atoms with Gasteiger partial charge in [-0.2, -0.15) is 4.98 Å². The summed E-state index contributed by atoms with van der Waals surface area (Å²) in [5.74, 6) is 0.715. The maximum Gasteiger partial charge on any atom is 0.274 e. The van der Waals surface area contributed by atoms with E-state index in [4.69, 9.17) is 10.3 Å². The van der Waals surface area contributed by atoms with Crippen LogP contribution in [-0.4, -0.2) is 29.6 Å². The molecule has 0 amide bonds. The van der Waals surface area contributed by atoms with Crippen molar-refractivity contribution in [3.63, 3.8) is 0 Å². The van der Waals surface area contributed by atoms with Crippen molar-refractivity contribution in [1.82, 2.24) is 19.8 Å². The van der Waals surface area contributed by atoms with E-state index in [2.05, 4.69) is 19.8 Å². The van der Waals surface area contributed by atoms with Crippen LogP contribution in [-0.2, 0) is 15.6 Å². The molecule has 1 aliphatic carbocycles. The van der Waals surface area contributed by atoms with Gasteiger partial charge in [0.25, 0.3) is 5.89 Å². The molecule has 2 aromatic heterocycles. The fraction of sp³-hybridized carbons (Fsp3) is 0.571. The van der Waals surface area contributed by atoms with Crippen LogP contribution in [0.5, 0.6) is 0 Å². The molecule has 8 nitrogen and oxygen atoms in total. The Morgan fingerprint density at radius 2 is 2.09 bits per heavy atom. The van der Waals surface area contributed by atoms with E-state index >= 15 is 0 Å². The highest BCUT2D eigenvalue weighted by molar-refractivity contribution is 7.89. The molecule has 0 spiro atoms. The lowest BCUT2D eigenvalue weighted by Crippen LogP contribution is -2.34. The van der Waals surface area contributed by atoms with Crippen molar-refractivity contribution in [1.29, 1.82) is 0 Å². The zero-order chi connectivity index (χ0) is 16.7. The number of rotatable bonds is 5. The molecule has 0 aliphatic heterocycles. The highest BCUT2D eigenvalue weighted by atomic mass is 32.2. The molecular weight excluding hydrogens is 318 g/mol. The second-order valence-electron chi connectivity index (χ2n) is 6.31. The summed E-state index contributed by atoms with van der Waals surface area (Å²) in [6, 6.07) is 1.28. The van der Waals surface area contributed by atoms with Crippen LogP contribution >= 0.6 is 0 Å². The number of aromatic nitrogens is 3. The molecule has 9 heteroatoms. The molecule has 3 rings (SSSR count). The second-order valence-corrected chi connectivity index (χ2v) is 8.03. The molecule has 23 heavy (non-hydrogen) atoms. The minimum absolute atomic E-state index is 0.129. The molecule has 0 radical (unpaired) electrons. The number of nitrogens with zero attached hydrogens (tertiary/aromatic N) is 2. The second kappa shape index (κ2) is 5.73. The smallest absolute Gasteiger partial charge is 0.274 e. The average Bonchev–Trinajstić information content (AvgIpc) is 3.17. The van der Waals surface area contributed by atoms with Crippen LogP contribution in [0.25, 0.3) is 11.6 Å². The van der Waals surface area contributed by atoms with E-state index in [1.807, 2.05) is 0 Å². The molecule has 0 atom stereocenters. The lowest BCUT2D eigenvalue weighted by Gasteiger charge is -2.17. The maximum atomic E-state index is 12.1. The summed E-state index contributed by atoms with van der Waals surface area (Å²) in [6.45, 7) is 3.52. The van der Waals surface area contributed by atoms with Crippen molar-refractivity contribution in [2.75, 3.05) is 0 Å². The van der Waals surface area contributed by atoms with E-state index in [0.717, 1.165) is 25.7 Å². The third-order valence-corrected chi connectivity index (χ3v) is 5.59. The van der Waals surface area contributed by atoms with Crippen LogP contribution in [0, 0.1) is 0 Å². The molecule has 1 fully saturated rings. The van der Waals surface area contributed by atoms with Crippen LogP contribution in [0.4, 0.5) is 0 Å². The Morgan fingerprint density at radius 3 is 2.74 bits per heavy atom. The van der Waals surface area contributed by atoms with Gasteiger partial charge in [-0.3, -0.25) is 0 Å². The third kappa shape index (κ3) is 3.17. The van der Waals surface area contributed by atoms with Crippen molar-refractivity contribution in [2.45, 2.75) is 56.0 Å². The van der Waals surface area contributed by atoms with E-state index < -0.39 is 15.6 Å². The largest absolute Gasteiger partial charge is 0.356 e. The minimum atomic E-state index is -3.56. The molecule has 0 unspecified atom stereocenters. The van der Waals surface area contributed by atoms with Gasteiger partial charge >= 0.3 is 0 Å². The standard InChI is InChI=1S/C14H21N5O3S/c1-9(2)19-23(20,21)10-7-11(16-8-10)12-17-13(18-22-12)14(15)5-3-4-6-14/h7-9,16,19H,3-6,15H2,1-2H3. The molecular formula is C14H21N5O3S. The SMILES string of the molecule is CC(C)NS(=O)(=O)c1c[nH]c(-c2nc(C3(N)CCCC3)no2)c1. The number of hydrogen-bond donors (Lipinski definition) is 3. The molecule has 0 aromatic carbocycles. The summed E-state index contributed by atoms with van der Waals surface area (Å²) in [5, 5.41) is 3.97. The molecule has 2 aromatic rings. The number of aromatic amines is 1. The van der Waals surface area contributed by atoms with Gasteiger partial charge < -0.3 is 15.2 Å². The van der Waals surface area contributed by atoms with Gasteiger partial charge in [-0.25, -0.2) is 13.1 Å². The lowest BCUT2D eigenvalue weighted by molar-refractivity contribution is 0.372. The Balaban J connectivity index is 1.85. The highest BCUT2D eigenvalue weighted by Crippen LogP contribution is 2.35. The van der Waals surface area contributed by atoms with Gasteiger partial charge in [0.2, 0.25) is 10.0 Å². The summed E-state index contributed by atoms with van der Waals surface area (Å²) in [5.41, 5.74) is 6.21. The Hall–Kier alpha value is -1.71. The Bertz CT molecular complexity index is 787. The number of H-pyrrole nitrogens is 1. The quantitative estimate of drug-likeness (QED) is 0.757. The van der Waals surface area contributed by atoms with Crippen LogP contribution in [0.1, 0.15) is 45.4 Å². The minimum Gasteiger partial charge on any atom is -0.356 e. The monoisotopic (exact) mass is 339 g/mol. The summed E-state index contributed by atoms with van der Waals surface area (Å²) < 4.78 is 32.0. The van der Waals surface area contributed by atoms with E-state index in [-0.39, 0.29) is 16.8 Å². The summed E-state index contributed by atoms with van der Waals surface area (Å²) in [7, 11) is -3.56. The zero-order valence-electron chi connectivity index (χ0n) is 13.2. The van der Waals surface area contributed by atoms with Gasteiger partial charge in [0.15, 0.2) is 5.82 Å². The first kappa shape index (κ1) is 16.2. The summed E-state index contributed by atoms with van der Waals surface area (Å²) in [4.78, 5) is 7.33. The van der Waals surface area contributed by atoms with E-state index in [9.17, 15) is 8.42 Å².